The standard InChI is InChI=1S/C23H27N3O2/c1-22(2,3)26(20-14-25-18-9-6-5-8-16(18)20)23(4,27)15-28-21-11-7-10-19-17(21)12-13-24-19/h5-14,24-25,27H,15H2,1-4H3. The summed E-state index contributed by atoms with van der Waals surface area (Å²) in [5.74, 6) is 0.756. The SMILES string of the molecule is CC(C)(C)N(c1c[nH]c2ccccc12)C(C)(O)COc1cccc2[nH]ccc12. The molecule has 5 heteroatoms. The molecule has 146 valence electrons. The van der Waals surface area contributed by atoms with Gasteiger partial charge in [-0.2, -0.15) is 0 Å². The smallest absolute Gasteiger partial charge is 0.170 e. The molecule has 0 amide bonds. The number of nitrogens with one attached hydrogen (secondary N) is 2. The van der Waals surface area contributed by atoms with Gasteiger partial charge in [0.1, 0.15) is 12.4 Å². The van der Waals surface area contributed by atoms with E-state index in [1.54, 1.807) is 6.92 Å². The van der Waals surface area contributed by atoms with Crippen LogP contribution >= 0.6 is 0 Å². The monoisotopic (exact) mass is 377 g/mol. The Balaban J connectivity index is 1.68. The Morgan fingerprint density at radius 1 is 0.893 bits per heavy atom. The zero-order valence-electron chi connectivity index (χ0n) is 16.8. The van der Waals surface area contributed by atoms with Crippen LogP contribution < -0.4 is 9.64 Å². The van der Waals surface area contributed by atoms with Crippen LogP contribution in [0.25, 0.3) is 21.8 Å². The molecular weight excluding hydrogens is 350 g/mol. The maximum Gasteiger partial charge on any atom is 0.170 e. The maximum absolute atomic E-state index is 11.5. The summed E-state index contributed by atoms with van der Waals surface area (Å²) in [6.07, 6.45) is 3.85. The van der Waals surface area contributed by atoms with Crippen molar-refractivity contribution in [3.8, 4) is 5.75 Å². The average molecular weight is 377 g/mol. The predicted molar refractivity (Wildman–Crippen MR) is 115 cm³/mol. The van der Waals surface area contributed by atoms with E-state index in [4.69, 9.17) is 4.74 Å². The number of fused-ring (bicyclic) bond motifs is 2. The number of benzene rings is 2. The van der Waals surface area contributed by atoms with Crippen LogP contribution in [0.4, 0.5) is 5.69 Å². The van der Waals surface area contributed by atoms with Gasteiger partial charge in [-0.1, -0.05) is 24.3 Å². The van der Waals surface area contributed by atoms with E-state index in [1.807, 2.05) is 59.8 Å². The van der Waals surface area contributed by atoms with Crippen molar-refractivity contribution in [2.45, 2.75) is 39.0 Å². The first kappa shape index (κ1) is 18.4. The lowest BCUT2D eigenvalue weighted by Gasteiger charge is -2.46. The molecule has 0 aliphatic rings. The Hall–Kier alpha value is -2.92. The fourth-order valence-electron chi connectivity index (χ4n) is 4.05. The minimum atomic E-state index is -1.22. The lowest BCUT2D eigenvalue weighted by Crippen LogP contribution is -2.59. The zero-order valence-corrected chi connectivity index (χ0v) is 16.8. The molecule has 1 unspecified atom stereocenters. The van der Waals surface area contributed by atoms with Crippen molar-refractivity contribution in [1.82, 2.24) is 9.97 Å². The van der Waals surface area contributed by atoms with Crippen LogP contribution in [-0.4, -0.2) is 32.9 Å². The van der Waals surface area contributed by atoms with Gasteiger partial charge in [0.05, 0.1) is 5.69 Å². The van der Waals surface area contributed by atoms with Crippen LogP contribution in [0.5, 0.6) is 5.75 Å². The number of anilines is 1. The average Bonchev–Trinajstić information content (AvgIpc) is 3.26. The third kappa shape index (κ3) is 3.22. The number of rotatable bonds is 5. The van der Waals surface area contributed by atoms with Gasteiger partial charge in [0.15, 0.2) is 5.72 Å². The second kappa shape index (κ2) is 6.60. The minimum Gasteiger partial charge on any atom is -0.488 e. The van der Waals surface area contributed by atoms with Gasteiger partial charge < -0.3 is 24.7 Å². The van der Waals surface area contributed by atoms with E-state index in [0.29, 0.717) is 0 Å². The van der Waals surface area contributed by atoms with E-state index in [0.717, 1.165) is 33.2 Å². The van der Waals surface area contributed by atoms with Gasteiger partial charge in [-0.05, 0) is 52.0 Å². The van der Waals surface area contributed by atoms with Crippen LogP contribution in [0.1, 0.15) is 27.7 Å². The van der Waals surface area contributed by atoms with Crippen LogP contribution in [0.3, 0.4) is 0 Å². The fourth-order valence-corrected chi connectivity index (χ4v) is 4.05. The number of aromatic nitrogens is 2. The van der Waals surface area contributed by atoms with Crippen molar-refractivity contribution >= 4 is 27.5 Å². The Morgan fingerprint density at radius 3 is 2.39 bits per heavy atom. The molecule has 5 nitrogen and oxygen atoms in total. The highest BCUT2D eigenvalue weighted by Gasteiger charge is 2.39. The summed E-state index contributed by atoms with van der Waals surface area (Å²) in [6.45, 7) is 8.22. The Bertz CT molecular complexity index is 1100. The molecule has 0 saturated heterocycles. The summed E-state index contributed by atoms with van der Waals surface area (Å²) in [4.78, 5) is 8.52. The van der Waals surface area contributed by atoms with Gasteiger partial charge in [0, 0.05) is 39.7 Å². The fraction of sp³-hybridized carbons (Fsp3) is 0.304. The van der Waals surface area contributed by atoms with Gasteiger partial charge in [0.2, 0.25) is 0 Å². The number of hydrogen-bond donors (Lipinski definition) is 3. The predicted octanol–water partition coefficient (Wildman–Crippen LogP) is 5.04. The highest BCUT2D eigenvalue weighted by Crippen LogP contribution is 2.37. The number of aromatic amines is 2. The van der Waals surface area contributed by atoms with Crippen LogP contribution in [0, 0.1) is 0 Å². The van der Waals surface area contributed by atoms with E-state index >= 15 is 0 Å². The second-order valence-electron chi connectivity index (χ2n) is 8.43. The number of aliphatic hydroxyl groups is 1. The second-order valence-corrected chi connectivity index (χ2v) is 8.43. The van der Waals surface area contributed by atoms with Crippen molar-refractivity contribution in [3.63, 3.8) is 0 Å². The molecule has 0 spiro atoms. The Morgan fingerprint density at radius 2 is 1.61 bits per heavy atom. The first-order chi connectivity index (χ1) is 13.3. The molecular formula is C23H27N3O2. The number of hydrogen-bond acceptors (Lipinski definition) is 3. The summed E-state index contributed by atoms with van der Waals surface area (Å²) in [5.41, 5.74) is 1.47. The zero-order chi connectivity index (χ0) is 19.9. The van der Waals surface area contributed by atoms with Crippen LogP contribution in [-0.2, 0) is 0 Å². The third-order valence-electron chi connectivity index (χ3n) is 5.02. The van der Waals surface area contributed by atoms with E-state index in [-0.39, 0.29) is 12.1 Å². The van der Waals surface area contributed by atoms with Gasteiger partial charge in [-0.25, -0.2) is 0 Å². The molecule has 0 aliphatic heterocycles. The van der Waals surface area contributed by atoms with Gasteiger partial charge in [-0.15, -0.1) is 0 Å². The lowest BCUT2D eigenvalue weighted by molar-refractivity contribution is -0.00432. The summed E-state index contributed by atoms with van der Waals surface area (Å²) in [5, 5.41) is 13.6. The molecule has 28 heavy (non-hydrogen) atoms. The van der Waals surface area contributed by atoms with Crippen LogP contribution in [0.15, 0.2) is 60.9 Å². The molecule has 0 fully saturated rings. The summed E-state index contributed by atoms with van der Waals surface area (Å²) in [6, 6.07) is 16.0. The molecule has 0 bridgehead atoms. The lowest BCUT2D eigenvalue weighted by atomic mass is 9.99. The molecule has 3 N–H and O–H groups in total. The molecule has 4 rings (SSSR count). The summed E-state index contributed by atoms with van der Waals surface area (Å²) >= 11 is 0. The summed E-state index contributed by atoms with van der Waals surface area (Å²) in [7, 11) is 0. The van der Waals surface area contributed by atoms with E-state index < -0.39 is 5.72 Å². The molecule has 2 aromatic carbocycles. The Kier molecular flexibility index (Phi) is 4.35. The topological polar surface area (TPSA) is 64.3 Å². The Labute approximate surface area is 164 Å². The van der Waals surface area contributed by atoms with Gasteiger partial charge in [-0.3, -0.25) is 0 Å². The highest BCUT2D eigenvalue weighted by molar-refractivity contribution is 5.93. The summed E-state index contributed by atoms with van der Waals surface area (Å²) < 4.78 is 6.11. The van der Waals surface area contributed by atoms with Crippen LogP contribution in [0.2, 0.25) is 0 Å². The first-order valence-electron chi connectivity index (χ1n) is 9.55. The molecule has 1 atom stereocenters. The number of para-hydroxylation sites is 1. The maximum atomic E-state index is 11.5. The normalized spacial score (nSPS) is 14.3. The quantitative estimate of drug-likeness (QED) is 0.427. The molecule has 2 heterocycles. The number of ether oxygens (including phenoxy) is 1. The minimum absolute atomic E-state index is 0.133. The first-order valence-corrected chi connectivity index (χ1v) is 9.55. The van der Waals surface area contributed by atoms with Crippen molar-refractivity contribution in [3.05, 3.63) is 60.9 Å². The van der Waals surface area contributed by atoms with Gasteiger partial charge in [0.25, 0.3) is 0 Å². The molecule has 2 aromatic heterocycles. The number of H-pyrrole nitrogens is 2. The molecule has 0 saturated carbocycles. The highest BCUT2D eigenvalue weighted by atomic mass is 16.5. The number of nitrogens with zero attached hydrogens (tertiary/aromatic N) is 1. The van der Waals surface area contributed by atoms with E-state index in [2.05, 4.69) is 36.8 Å². The van der Waals surface area contributed by atoms with Crippen molar-refractivity contribution in [2.75, 3.05) is 11.5 Å². The van der Waals surface area contributed by atoms with E-state index in [9.17, 15) is 5.11 Å². The van der Waals surface area contributed by atoms with Crippen molar-refractivity contribution in [1.29, 1.82) is 0 Å². The molecule has 0 radical (unpaired) electrons. The van der Waals surface area contributed by atoms with Crippen molar-refractivity contribution < 1.29 is 9.84 Å². The molecule has 0 aliphatic carbocycles. The van der Waals surface area contributed by atoms with E-state index in [1.165, 1.54) is 0 Å². The third-order valence-corrected chi connectivity index (χ3v) is 5.02. The largest absolute Gasteiger partial charge is 0.488 e. The van der Waals surface area contributed by atoms with Crippen molar-refractivity contribution in [2.24, 2.45) is 0 Å². The molecule has 4 aromatic rings. The van der Waals surface area contributed by atoms with Gasteiger partial charge >= 0.3 is 0 Å².